The summed E-state index contributed by atoms with van der Waals surface area (Å²) in [6.45, 7) is 3.63. The van der Waals surface area contributed by atoms with Crippen molar-refractivity contribution in [2.24, 2.45) is 5.92 Å². The van der Waals surface area contributed by atoms with E-state index in [1.165, 1.54) is 12.8 Å². The molecule has 0 amide bonds. The van der Waals surface area contributed by atoms with E-state index >= 15 is 0 Å². The number of rotatable bonds is 6. The van der Waals surface area contributed by atoms with Gasteiger partial charge in [0.25, 0.3) is 0 Å². The molecular formula is C9H21NO. The van der Waals surface area contributed by atoms with Gasteiger partial charge < -0.3 is 10.0 Å². The van der Waals surface area contributed by atoms with E-state index in [0.717, 1.165) is 13.0 Å². The smallest absolute Gasteiger partial charge is 0.0434 e. The molecule has 0 aromatic carbocycles. The number of hydrogen-bond donors (Lipinski definition) is 1. The zero-order chi connectivity index (χ0) is 8.69. The molecule has 0 radical (unpaired) electrons. The summed E-state index contributed by atoms with van der Waals surface area (Å²) in [5.41, 5.74) is 0. The third-order valence-electron chi connectivity index (χ3n) is 1.86. The average Bonchev–Trinajstić information content (AvgIpc) is 1.87. The summed E-state index contributed by atoms with van der Waals surface area (Å²) in [4.78, 5) is 2.19. The van der Waals surface area contributed by atoms with Gasteiger partial charge in [0.1, 0.15) is 0 Å². The van der Waals surface area contributed by atoms with Crippen molar-refractivity contribution in [2.75, 3.05) is 27.2 Å². The SMILES string of the molecule is CCC[C@@H](CCO)CN(C)C. The van der Waals surface area contributed by atoms with Crippen LogP contribution < -0.4 is 0 Å². The lowest BCUT2D eigenvalue weighted by atomic mass is 10.00. The van der Waals surface area contributed by atoms with Crippen LogP contribution in [0.15, 0.2) is 0 Å². The summed E-state index contributed by atoms with van der Waals surface area (Å²) in [7, 11) is 4.17. The summed E-state index contributed by atoms with van der Waals surface area (Å²) >= 11 is 0. The van der Waals surface area contributed by atoms with Crippen LogP contribution in [0.1, 0.15) is 26.2 Å². The Hall–Kier alpha value is -0.0800. The Balaban J connectivity index is 3.50. The second-order valence-corrected chi connectivity index (χ2v) is 3.43. The fourth-order valence-corrected chi connectivity index (χ4v) is 1.43. The summed E-state index contributed by atoms with van der Waals surface area (Å²) < 4.78 is 0. The molecule has 0 rings (SSSR count). The summed E-state index contributed by atoms with van der Waals surface area (Å²) in [6.07, 6.45) is 3.41. The van der Waals surface area contributed by atoms with Crippen LogP contribution in [0.4, 0.5) is 0 Å². The first-order valence-corrected chi connectivity index (χ1v) is 4.46. The molecule has 1 N–H and O–H groups in total. The zero-order valence-corrected chi connectivity index (χ0v) is 8.01. The normalized spacial score (nSPS) is 13.9. The molecule has 0 aliphatic rings. The Morgan fingerprint density at radius 1 is 1.27 bits per heavy atom. The van der Waals surface area contributed by atoms with E-state index in [1.807, 2.05) is 0 Å². The Labute approximate surface area is 70.2 Å². The van der Waals surface area contributed by atoms with Gasteiger partial charge in [-0.15, -0.1) is 0 Å². The van der Waals surface area contributed by atoms with Gasteiger partial charge in [0.15, 0.2) is 0 Å². The largest absolute Gasteiger partial charge is 0.396 e. The van der Waals surface area contributed by atoms with Gasteiger partial charge in [-0.1, -0.05) is 13.3 Å². The zero-order valence-electron chi connectivity index (χ0n) is 8.01. The van der Waals surface area contributed by atoms with E-state index in [2.05, 4.69) is 25.9 Å². The van der Waals surface area contributed by atoms with Crippen molar-refractivity contribution in [3.05, 3.63) is 0 Å². The minimum Gasteiger partial charge on any atom is -0.396 e. The Morgan fingerprint density at radius 2 is 1.91 bits per heavy atom. The molecule has 2 heteroatoms. The van der Waals surface area contributed by atoms with Crippen molar-refractivity contribution >= 4 is 0 Å². The lowest BCUT2D eigenvalue weighted by Crippen LogP contribution is -2.22. The van der Waals surface area contributed by atoms with Crippen molar-refractivity contribution < 1.29 is 5.11 Å². The van der Waals surface area contributed by atoms with E-state index < -0.39 is 0 Å². The quantitative estimate of drug-likeness (QED) is 0.632. The van der Waals surface area contributed by atoms with Crippen LogP contribution in [0.25, 0.3) is 0 Å². The van der Waals surface area contributed by atoms with E-state index in [4.69, 9.17) is 5.11 Å². The van der Waals surface area contributed by atoms with Crippen LogP contribution >= 0.6 is 0 Å². The van der Waals surface area contributed by atoms with Crippen LogP contribution in [-0.4, -0.2) is 37.3 Å². The standard InChI is InChI=1S/C9H21NO/c1-4-5-9(6-7-11)8-10(2)3/h9,11H,4-8H2,1-3H3/t9-/m0/s1. The van der Waals surface area contributed by atoms with E-state index in [9.17, 15) is 0 Å². The van der Waals surface area contributed by atoms with Crippen molar-refractivity contribution in [2.45, 2.75) is 26.2 Å². The maximum atomic E-state index is 8.76. The molecule has 0 spiro atoms. The second kappa shape index (κ2) is 6.62. The highest BCUT2D eigenvalue weighted by atomic mass is 16.3. The van der Waals surface area contributed by atoms with Gasteiger partial charge in [-0.25, -0.2) is 0 Å². The molecule has 0 unspecified atom stereocenters. The molecule has 11 heavy (non-hydrogen) atoms. The lowest BCUT2D eigenvalue weighted by Gasteiger charge is -2.19. The maximum Gasteiger partial charge on any atom is 0.0434 e. The van der Waals surface area contributed by atoms with Gasteiger partial charge in [-0.05, 0) is 32.9 Å². The first kappa shape index (κ1) is 10.9. The predicted molar refractivity (Wildman–Crippen MR) is 48.7 cm³/mol. The maximum absolute atomic E-state index is 8.76. The number of hydrogen-bond acceptors (Lipinski definition) is 2. The Bertz CT molecular complexity index is 77.6. The predicted octanol–water partition coefficient (Wildman–Crippen LogP) is 1.35. The first-order valence-electron chi connectivity index (χ1n) is 4.46. The molecule has 0 aliphatic carbocycles. The molecule has 1 atom stereocenters. The molecule has 0 fully saturated rings. The van der Waals surface area contributed by atoms with Crippen molar-refractivity contribution in [1.29, 1.82) is 0 Å². The van der Waals surface area contributed by atoms with Crippen molar-refractivity contribution in [1.82, 2.24) is 4.90 Å². The average molecular weight is 159 g/mol. The Morgan fingerprint density at radius 3 is 2.27 bits per heavy atom. The van der Waals surface area contributed by atoms with Crippen LogP contribution in [0.2, 0.25) is 0 Å². The van der Waals surface area contributed by atoms with Crippen LogP contribution in [0.5, 0.6) is 0 Å². The van der Waals surface area contributed by atoms with Crippen LogP contribution in [-0.2, 0) is 0 Å². The lowest BCUT2D eigenvalue weighted by molar-refractivity contribution is 0.222. The summed E-state index contributed by atoms with van der Waals surface area (Å²) in [5, 5.41) is 8.76. The van der Waals surface area contributed by atoms with Gasteiger partial charge in [0.05, 0.1) is 0 Å². The first-order chi connectivity index (χ1) is 5.20. The van der Waals surface area contributed by atoms with Crippen LogP contribution in [0, 0.1) is 5.92 Å². The second-order valence-electron chi connectivity index (χ2n) is 3.43. The summed E-state index contributed by atoms with van der Waals surface area (Å²) in [6, 6.07) is 0. The van der Waals surface area contributed by atoms with Gasteiger partial charge >= 0.3 is 0 Å². The van der Waals surface area contributed by atoms with Gasteiger partial charge in [-0.3, -0.25) is 0 Å². The highest BCUT2D eigenvalue weighted by Crippen LogP contribution is 2.10. The third-order valence-corrected chi connectivity index (χ3v) is 1.86. The molecule has 0 aromatic heterocycles. The summed E-state index contributed by atoms with van der Waals surface area (Å²) in [5.74, 6) is 0.681. The minimum atomic E-state index is 0.332. The molecule has 0 aliphatic heterocycles. The van der Waals surface area contributed by atoms with Gasteiger partial charge in [0, 0.05) is 13.2 Å². The number of aliphatic hydroxyl groups excluding tert-OH is 1. The van der Waals surface area contributed by atoms with E-state index in [1.54, 1.807) is 0 Å². The number of aliphatic hydroxyl groups is 1. The van der Waals surface area contributed by atoms with Crippen molar-refractivity contribution in [3.8, 4) is 0 Å². The molecule has 0 saturated carbocycles. The van der Waals surface area contributed by atoms with Crippen LogP contribution in [0.3, 0.4) is 0 Å². The molecule has 2 nitrogen and oxygen atoms in total. The van der Waals surface area contributed by atoms with Gasteiger partial charge in [-0.2, -0.15) is 0 Å². The third kappa shape index (κ3) is 6.32. The molecule has 68 valence electrons. The topological polar surface area (TPSA) is 23.5 Å². The highest BCUT2D eigenvalue weighted by molar-refractivity contribution is 4.60. The van der Waals surface area contributed by atoms with E-state index in [0.29, 0.717) is 12.5 Å². The monoisotopic (exact) mass is 159 g/mol. The minimum absolute atomic E-state index is 0.332. The fourth-order valence-electron chi connectivity index (χ4n) is 1.43. The Kier molecular flexibility index (Phi) is 6.57. The molecule has 0 heterocycles. The van der Waals surface area contributed by atoms with E-state index in [-0.39, 0.29) is 0 Å². The molecule has 0 aromatic rings. The van der Waals surface area contributed by atoms with Crippen molar-refractivity contribution in [3.63, 3.8) is 0 Å². The van der Waals surface area contributed by atoms with Gasteiger partial charge in [0.2, 0.25) is 0 Å². The number of nitrogens with zero attached hydrogens (tertiary/aromatic N) is 1. The fraction of sp³-hybridized carbons (Fsp3) is 1.00. The molecule has 0 saturated heterocycles. The highest BCUT2D eigenvalue weighted by Gasteiger charge is 2.07. The molecule has 0 bridgehead atoms. The molecular weight excluding hydrogens is 138 g/mol.